The van der Waals surface area contributed by atoms with E-state index in [0.29, 0.717) is 17.7 Å². The molecule has 0 aliphatic heterocycles. The molecule has 3 rings (SSSR count). The molecule has 0 aromatic heterocycles. The Bertz CT molecular complexity index is 1290. The minimum absolute atomic E-state index is 0.0702. The second-order valence-electron chi connectivity index (χ2n) is 7.91. The molecule has 0 atom stereocenters. The average Bonchev–Trinajstić information content (AvgIpc) is 2.78. The summed E-state index contributed by atoms with van der Waals surface area (Å²) in [7, 11) is -4.25. The standard InChI is InChI=1S/C24H20F6N2O3S/c1-16-7-9-21(10-8-16)36(34,35)32(14-17-5-3-2-4-6-17)15-22(33)31-20-12-18(23(25,26)27)11-19(13-20)24(28,29)30/h2-13H,14-15H2,1H3,(H,31,33). The van der Waals surface area contributed by atoms with Crippen LogP contribution in [-0.2, 0) is 33.7 Å². The number of amides is 1. The minimum atomic E-state index is -5.10. The Labute approximate surface area is 203 Å². The first kappa shape index (κ1) is 27.2. The summed E-state index contributed by atoms with van der Waals surface area (Å²) in [4.78, 5) is 12.6. The third-order valence-corrected chi connectivity index (χ3v) is 6.86. The third-order valence-electron chi connectivity index (χ3n) is 5.05. The summed E-state index contributed by atoms with van der Waals surface area (Å²) in [5.41, 5.74) is -2.69. The van der Waals surface area contributed by atoms with E-state index in [1.54, 1.807) is 49.4 Å². The van der Waals surface area contributed by atoms with Crippen molar-refractivity contribution >= 4 is 21.6 Å². The SMILES string of the molecule is Cc1ccc(S(=O)(=O)N(CC(=O)Nc2cc(C(F)(F)F)cc(C(F)(F)F)c2)Cc2ccccc2)cc1. The molecule has 0 heterocycles. The molecule has 3 aromatic rings. The van der Waals surface area contributed by atoms with Crippen LogP contribution in [0.5, 0.6) is 0 Å². The van der Waals surface area contributed by atoms with Crippen molar-refractivity contribution in [3.05, 3.63) is 95.1 Å². The van der Waals surface area contributed by atoms with Gasteiger partial charge in [0, 0.05) is 12.2 Å². The van der Waals surface area contributed by atoms with Gasteiger partial charge in [-0.25, -0.2) is 8.42 Å². The predicted octanol–water partition coefficient (Wildman–Crippen LogP) is 5.86. The molecular weight excluding hydrogens is 510 g/mol. The van der Waals surface area contributed by atoms with Gasteiger partial charge in [-0.2, -0.15) is 30.6 Å². The highest BCUT2D eigenvalue weighted by molar-refractivity contribution is 7.89. The quantitative estimate of drug-likeness (QED) is 0.389. The Morgan fingerprint density at radius 1 is 0.833 bits per heavy atom. The van der Waals surface area contributed by atoms with Crippen molar-refractivity contribution in [2.24, 2.45) is 0 Å². The van der Waals surface area contributed by atoms with Gasteiger partial charge in [0.25, 0.3) is 0 Å². The van der Waals surface area contributed by atoms with Crippen molar-refractivity contribution < 1.29 is 39.6 Å². The fourth-order valence-corrected chi connectivity index (χ4v) is 4.64. The van der Waals surface area contributed by atoms with Crippen LogP contribution >= 0.6 is 0 Å². The number of sulfonamides is 1. The maximum Gasteiger partial charge on any atom is 0.416 e. The summed E-state index contributed by atoms with van der Waals surface area (Å²) < 4.78 is 106. The van der Waals surface area contributed by atoms with Gasteiger partial charge in [-0.3, -0.25) is 4.79 Å². The fraction of sp³-hybridized carbons (Fsp3) is 0.208. The number of carbonyl (C=O) groups is 1. The smallest absolute Gasteiger partial charge is 0.325 e. The number of carbonyl (C=O) groups excluding carboxylic acids is 1. The summed E-state index contributed by atoms with van der Waals surface area (Å²) in [6.45, 7) is 0.624. The highest BCUT2D eigenvalue weighted by Gasteiger charge is 2.37. The number of benzene rings is 3. The Kier molecular flexibility index (Phi) is 7.79. The van der Waals surface area contributed by atoms with Crippen LogP contribution in [0.2, 0.25) is 0 Å². The summed E-state index contributed by atoms with van der Waals surface area (Å²) in [6, 6.07) is 14.6. The van der Waals surface area contributed by atoms with Crippen LogP contribution in [0.3, 0.4) is 0 Å². The molecule has 3 aromatic carbocycles. The fourth-order valence-electron chi connectivity index (χ4n) is 3.26. The number of anilines is 1. The zero-order valence-corrected chi connectivity index (χ0v) is 19.5. The molecule has 0 aliphatic carbocycles. The van der Waals surface area contributed by atoms with Gasteiger partial charge in [-0.1, -0.05) is 48.0 Å². The van der Waals surface area contributed by atoms with E-state index in [0.717, 1.165) is 9.87 Å². The maximum absolute atomic E-state index is 13.3. The number of nitrogens with one attached hydrogen (secondary N) is 1. The zero-order chi connectivity index (χ0) is 26.7. The number of nitrogens with zero attached hydrogens (tertiary/aromatic N) is 1. The average molecular weight is 530 g/mol. The van der Waals surface area contributed by atoms with Crippen molar-refractivity contribution in [2.45, 2.75) is 30.7 Å². The summed E-state index contributed by atoms with van der Waals surface area (Å²) >= 11 is 0. The second-order valence-corrected chi connectivity index (χ2v) is 9.85. The maximum atomic E-state index is 13.3. The molecule has 0 saturated heterocycles. The summed E-state index contributed by atoms with van der Waals surface area (Å²) in [5, 5.41) is 1.97. The van der Waals surface area contributed by atoms with Gasteiger partial charge >= 0.3 is 12.4 Å². The van der Waals surface area contributed by atoms with Gasteiger partial charge in [0.05, 0.1) is 22.6 Å². The zero-order valence-electron chi connectivity index (χ0n) is 18.7. The summed E-state index contributed by atoms with van der Waals surface area (Å²) in [6.07, 6.45) is -10.2. The molecule has 1 amide bonds. The van der Waals surface area contributed by atoms with Crippen LogP contribution in [0, 0.1) is 6.92 Å². The molecule has 0 unspecified atom stereocenters. The van der Waals surface area contributed by atoms with Gasteiger partial charge in [0.15, 0.2) is 0 Å². The van der Waals surface area contributed by atoms with Crippen LogP contribution in [-0.4, -0.2) is 25.2 Å². The van der Waals surface area contributed by atoms with E-state index in [-0.39, 0.29) is 17.5 Å². The molecule has 0 radical (unpaired) electrons. The molecule has 5 nitrogen and oxygen atoms in total. The van der Waals surface area contributed by atoms with Crippen molar-refractivity contribution in [3.63, 3.8) is 0 Å². The lowest BCUT2D eigenvalue weighted by Gasteiger charge is -2.22. The van der Waals surface area contributed by atoms with Crippen LogP contribution in [0.1, 0.15) is 22.3 Å². The first-order chi connectivity index (χ1) is 16.7. The molecule has 12 heteroatoms. The Morgan fingerprint density at radius 2 is 1.36 bits per heavy atom. The van der Waals surface area contributed by atoms with E-state index < -0.39 is 51.6 Å². The lowest BCUT2D eigenvalue weighted by Crippen LogP contribution is -2.37. The third kappa shape index (κ3) is 6.85. The molecule has 1 N–H and O–H groups in total. The number of halogens is 6. The van der Waals surface area contributed by atoms with E-state index >= 15 is 0 Å². The lowest BCUT2D eigenvalue weighted by atomic mass is 10.1. The van der Waals surface area contributed by atoms with E-state index in [9.17, 15) is 39.6 Å². The number of rotatable bonds is 7. The van der Waals surface area contributed by atoms with E-state index in [4.69, 9.17) is 0 Å². The Hall–Kier alpha value is -3.38. The molecule has 0 bridgehead atoms. The normalized spacial score (nSPS) is 12.6. The van der Waals surface area contributed by atoms with E-state index in [2.05, 4.69) is 0 Å². The van der Waals surface area contributed by atoms with Gasteiger partial charge in [0.1, 0.15) is 0 Å². The molecule has 36 heavy (non-hydrogen) atoms. The molecule has 0 fully saturated rings. The van der Waals surface area contributed by atoms with Gasteiger partial charge < -0.3 is 5.32 Å². The number of hydrogen-bond acceptors (Lipinski definition) is 3. The van der Waals surface area contributed by atoms with Crippen LogP contribution in [0.15, 0.2) is 77.7 Å². The van der Waals surface area contributed by atoms with E-state index in [1.807, 2.05) is 5.32 Å². The minimum Gasteiger partial charge on any atom is -0.325 e. The number of aryl methyl sites for hydroxylation is 1. The number of hydrogen-bond donors (Lipinski definition) is 1. The monoisotopic (exact) mass is 530 g/mol. The van der Waals surface area contributed by atoms with Gasteiger partial charge in [-0.15, -0.1) is 0 Å². The van der Waals surface area contributed by atoms with Crippen molar-refractivity contribution in [2.75, 3.05) is 11.9 Å². The highest BCUT2D eigenvalue weighted by Crippen LogP contribution is 2.37. The first-order valence-corrected chi connectivity index (χ1v) is 11.8. The van der Waals surface area contributed by atoms with Crippen LogP contribution < -0.4 is 5.32 Å². The molecule has 192 valence electrons. The van der Waals surface area contributed by atoms with Crippen molar-refractivity contribution in [3.8, 4) is 0 Å². The molecule has 0 aliphatic rings. The topological polar surface area (TPSA) is 66.5 Å². The molecular formula is C24H20F6N2O3S. The molecule has 0 spiro atoms. The molecule has 0 saturated carbocycles. The van der Waals surface area contributed by atoms with Gasteiger partial charge in [0.2, 0.25) is 15.9 Å². The largest absolute Gasteiger partial charge is 0.416 e. The second kappa shape index (κ2) is 10.3. The highest BCUT2D eigenvalue weighted by atomic mass is 32.2. The van der Waals surface area contributed by atoms with E-state index in [1.165, 1.54) is 12.1 Å². The number of alkyl halides is 6. The first-order valence-electron chi connectivity index (χ1n) is 10.4. The van der Waals surface area contributed by atoms with Crippen molar-refractivity contribution in [1.29, 1.82) is 0 Å². The Morgan fingerprint density at radius 3 is 1.86 bits per heavy atom. The van der Waals surface area contributed by atoms with Crippen molar-refractivity contribution in [1.82, 2.24) is 4.31 Å². The van der Waals surface area contributed by atoms with Gasteiger partial charge in [-0.05, 0) is 42.8 Å². The van der Waals surface area contributed by atoms with Crippen LogP contribution in [0.4, 0.5) is 32.0 Å². The Balaban J connectivity index is 1.93. The van der Waals surface area contributed by atoms with Crippen LogP contribution in [0.25, 0.3) is 0 Å². The predicted molar refractivity (Wildman–Crippen MR) is 120 cm³/mol. The lowest BCUT2D eigenvalue weighted by molar-refractivity contribution is -0.143. The summed E-state index contributed by atoms with van der Waals surface area (Å²) in [5.74, 6) is -1.12.